The zero-order chi connectivity index (χ0) is 13.1. The number of hydrogen-bond donors (Lipinski definition) is 1. The van der Waals surface area contributed by atoms with Gasteiger partial charge in [-0.05, 0) is 32.1 Å². The molecular formula is C14H25N3O. The summed E-state index contributed by atoms with van der Waals surface area (Å²) in [6, 6.07) is 0.240. The van der Waals surface area contributed by atoms with Crippen molar-refractivity contribution >= 4 is 0 Å². The van der Waals surface area contributed by atoms with Crippen molar-refractivity contribution in [1.82, 2.24) is 9.78 Å². The zero-order valence-corrected chi connectivity index (χ0v) is 11.7. The second kappa shape index (κ2) is 5.74. The third-order valence-corrected chi connectivity index (χ3v) is 4.31. The van der Waals surface area contributed by atoms with E-state index in [1.54, 1.807) is 7.11 Å². The largest absolute Gasteiger partial charge is 0.493 e. The second-order valence-corrected chi connectivity index (χ2v) is 5.27. The number of nitrogens with two attached hydrogens (primary N) is 1. The van der Waals surface area contributed by atoms with E-state index in [1.807, 2.05) is 10.9 Å². The molecule has 1 saturated carbocycles. The predicted octanol–water partition coefficient (Wildman–Crippen LogP) is 2.53. The van der Waals surface area contributed by atoms with Crippen molar-refractivity contribution in [2.75, 3.05) is 7.11 Å². The van der Waals surface area contributed by atoms with Crippen LogP contribution in [0, 0.1) is 5.92 Å². The SMILES string of the molecule is CCC1CCC(N)C(c2c(OC)cnn2CC)C1. The van der Waals surface area contributed by atoms with E-state index in [9.17, 15) is 0 Å². The normalized spacial score (nSPS) is 28.3. The summed E-state index contributed by atoms with van der Waals surface area (Å²) in [7, 11) is 1.71. The highest BCUT2D eigenvalue weighted by atomic mass is 16.5. The summed E-state index contributed by atoms with van der Waals surface area (Å²) < 4.78 is 7.50. The topological polar surface area (TPSA) is 53.1 Å². The van der Waals surface area contributed by atoms with Crippen LogP contribution < -0.4 is 10.5 Å². The summed E-state index contributed by atoms with van der Waals surface area (Å²) in [6.45, 7) is 5.26. The van der Waals surface area contributed by atoms with E-state index in [0.29, 0.717) is 5.92 Å². The molecule has 0 spiro atoms. The zero-order valence-electron chi connectivity index (χ0n) is 11.7. The maximum atomic E-state index is 6.34. The first-order chi connectivity index (χ1) is 8.71. The van der Waals surface area contributed by atoms with Crippen LogP contribution in [0.25, 0.3) is 0 Å². The minimum absolute atomic E-state index is 0.240. The summed E-state index contributed by atoms with van der Waals surface area (Å²) in [4.78, 5) is 0. The first kappa shape index (κ1) is 13.4. The molecule has 3 atom stereocenters. The highest BCUT2D eigenvalue weighted by Gasteiger charge is 2.32. The molecule has 0 amide bonds. The third-order valence-electron chi connectivity index (χ3n) is 4.31. The molecule has 4 nitrogen and oxygen atoms in total. The Labute approximate surface area is 110 Å². The lowest BCUT2D eigenvalue weighted by Gasteiger charge is -2.34. The molecule has 1 fully saturated rings. The molecule has 0 aliphatic heterocycles. The number of hydrogen-bond acceptors (Lipinski definition) is 3. The number of aromatic nitrogens is 2. The third kappa shape index (κ3) is 2.39. The fraction of sp³-hybridized carbons (Fsp3) is 0.786. The van der Waals surface area contributed by atoms with Crippen molar-refractivity contribution in [3.63, 3.8) is 0 Å². The Bertz CT molecular complexity index is 367. The molecule has 0 radical (unpaired) electrons. The second-order valence-electron chi connectivity index (χ2n) is 5.27. The fourth-order valence-corrected chi connectivity index (χ4v) is 3.13. The Morgan fingerprint density at radius 3 is 2.83 bits per heavy atom. The van der Waals surface area contributed by atoms with Crippen LogP contribution in [0.5, 0.6) is 5.75 Å². The molecule has 0 aromatic carbocycles. The molecule has 1 aromatic rings. The van der Waals surface area contributed by atoms with Crippen molar-refractivity contribution in [2.24, 2.45) is 11.7 Å². The Hall–Kier alpha value is -1.03. The quantitative estimate of drug-likeness (QED) is 0.894. The summed E-state index contributed by atoms with van der Waals surface area (Å²) in [5, 5.41) is 4.40. The van der Waals surface area contributed by atoms with Crippen molar-refractivity contribution in [2.45, 2.75) is 58.0 Å². The first-order valence-corrected chi connectivity index (χ1v) is 7.06. The van der Waals surface area contributed by atoms with Gasteiger partial charge in [-0.25, -0.2) is 0 Å². The van der Waals surface area contributed by atoms with Gasteiger partial charge in [0.2, 0.25) is 0 Å². The van der Waals surface area contributed by atoms with Gasteiger partial charge >= 0.3 is 0 Å². The molecule has 3 unspecified atom stereocenters. The molecule has 0 bridgehead atoms. The molecule has 102 valence electrons. The summed E-state index contributed by atoms with van der Waals surface area (Å²) in [5.41, 5.74) is 7.54. The van der Waals surface area contributed by atoms with Crippen molar-refractivity contribution in [1.29, 1.82) is 0 Å². The van der Waals surface area contributed by atoms with Gasteiger partial charge < -0.3 is 10.5 Å². The predicted molar refractivity (Wildman–Crippen MR) is 72.8 cm³/mol. The van der Waals surface area contributed by atoms with Crippen LogP contribution >= 0.6 is 0 Å². The van der Waals surface area contributed by atoms with E-state index in [4.69, 9.17) is 10.5 Å². The van der Waals surface area contributed by atoms with Gasteiger partial charge in [-0.3, -0.25) is 4.68 Å². The van der Waals surface area contributed by atoms with Crippen molar-refractivity contribution in [3.8, 4) is 5.75 Å². The molecule has 2 N–H and O–H groups in total. The van der Waals surface area contributed by atoms with E-state index >= 15 is 0 Å². The van der Waals surface area contributed by atoms with Crippen LogP contribution in [0.15, 0.2) is 6.20 Å². The molecule has 2 rings (SSSR count). The van der Waals surface area contributed by atoms with E-state index in [-0.39, 0.29) is 6.04 Å². The van der Waals surface area contributed by atoms with Gasteiger partial charge in [-0.1, -0.05) is 13.3 Å². The number of methoxy groups -OCH3 is 1. The smallest absolute Gasteiger partial charge is 0.160 e. The number of rotatable bonds is 4. The van der Waals surface area contributed by atoms with Crippen molar-refractivity contribution in [3.05, 3.63) is 11.9 Å². The minimum atomic E-state index is 0.240. The van der Waals surface area contributed by atoms with Crippen LogP contribution in [-0.2, 0) is 6.54 Å². The average molecular weight is 251 g/mol. The Kier molecular flexibility index (Phi) is 4.27. The molecule has 1 aromatic heterocycles. The van der Waals surface area contributed by atoms with E-state index in [0.717, 1.165) is 24.6 Å². The van der Waals surface area contributed by atoms with Gasteiger partial charge in [-0.15, -0.1) is 0 Å². The average Bonchev–Trinajstić information content (AvgIpc) is 2.82. The minimum Gasteiger partial charge on any atom is -0.493 e. The fourth-order valence-electron chi connectivity index (χ4n) is 3.13. The van der Waals surface area contributed by atoms with Gasteiger partial charge in [0.25, 0.3) is 0 Å². The monoisotopic (exact) mass is 251 g/mol. The molecule has 1 heterocycles. The van der Waals surface area contributed by atoms with E-state index < -0.39 is 0 Å². The van der Waals surface area contributed by atoms with Gasteiger partial charge in [0.05, 0.1) is 19.0 Å². The molecule has 0 saturated heterocycles. The highest BCUT2D eigenvalue weighted by Crippen LogP contribution is 2.40. The number of aryl methyl sites for hydroxylation is 1. The Morgan fingerprint density at radius 1 is 1.44 bits per heavy atom. The summed E-state index contributed by atoms with van der Waals surface area (Å²) >= 11 is 0. The maximum absolute atomic E-state index is 6.34. The van der Waals surface area contributed by atoms with Crippen LogP contribution in [-0.4, -0.2) is 22.9 Å². The number of ether oxygens (including phenoxy) is 1. The van der Waals surface area contributed by atoms with E-state index in [2.05, 4.69) is 18.9 Å². The van der Waals surface area contributed by atoms with Gasteiger partial charge in [0.1, 0.15) is 0 Å². The standard InChI is InChI=1S/C14H25N3O/c1-4-10-6-7-12(15)11(8-10)14-13(18-3)9-16-17(14)5-2/h9-12H,4-8,15H2,1-3H3. The molecule has 1 aliphatic rings. The lowest BCUT2D eigenvalue weighted by Crippen LogP contribution is -2.35. The maximum Gasteiger partial charge on any atom is 0.160 e. The van der Waals surface area contributed by atoms with E-state index in [1.165, 1.54) is 25.0 Å². The lowest BCUT2D eigenvalue weighted by atomic mass is 9.75. The molecule has 1 aliphatic carbocycles. The summed E-state index contributed by atoms with van der Waals surface area (Å²) in [5.74, 6) is 2.08. The Morgan fingerprint density at radius 2 is 2.22 bits per heavy atom. The van der Waals surface area contributed by atoms with Crippen LogP contribution in [0.2, 0.25) is 0 Å². The van der Waals surface area contributed by atoms with Gasteiger partial charge in [0, 0.05) is 18.5 Å². The molecular weight excluding hydrogens is 226 g/mol. The van der Waals surface area contributed by atoms with Crippen molar-refractivity contribution < 1.29 is 4.74 Å². The van der Waals surface area contributed by atoms with Crippen LogP contribution in [0.4, 0.5) is 0 Å². The first-order valence-electron chi connectivity index (χ1n) is 7.06. The molecule has 4 heteroatoms. The number of nitrogens with zero attached hydrogens (tertiary/aromatic N) is 2. The lowest BCUT2D eigenvalue weighted by molar-refractivity contribution is 0.267. The van der Waals surface area contributed by atoms with Gasteiger partial charge in [-0.2, -0.15) is 5.10 Å². The highest BCUT2D eigenvalue weighted by molar-refractivity contribution is 5.30. The molecule has 18 heavy (non-hydrogen) atoms. The van der Waals surface area contributed by atoms with Crippen LogP contribution in [0.1, 0.15) is 51.1 Å². The van der Waals surface area contributed by atoms with Crippen LogP contribution in [0.3, 0.4) is 0 Å². The van der Waals surface area contributed by atoms with Gasteiger partial charge in [0.15, 0.2) is 5.75 Å². The Balaban J connectivity index is 2.30. The summed E-state index contributed by atoms with van der Waals surface area (Å²) in [6.07, 6.45) is 6.60.